The molecule has 0 radical (unpaired) electrons. The number of nitrogens with zero attached hydrogens (tertiary/aromatic N) is 2. The van der Waals surface area contributed by atoms with Crippen LogP contribution in [0.25, 0.3) is 0 Å². The van der Waals surface area contributed by atoms with Gasteiger partial charge in [0.25, 0.3) is 0 Å². The van der Waals surface area contributed by atoms with Gasteiger partial charge >= 0.3 is 6.03 Å². The third-order valence-corrected chi connectivity index (χ3v) is 5.15. The number of urea groups is 1. The van der Waals surface area contributed by atoms with Crippen LogP contribution in [0.15, 0.2) is 24.3 Å². The van der Waals surface area contributed by atoms with E-state index in [0.29, 0.717) is 37.5 Å². The van der Waals surface area contributed by atoms with Gasteiger partial charge in [0.1, 0.15) is 12.3 Å². The Morgan fingerprint density at radius 1 is 1.12 bits per heavy atom. The van der Waals surface area contributed by atoms with E-state index in [1.165, 1.54) is 0 Å². The molecular weight excluding hydrogens is 342 g/mol. The SMILES string of the molecule is O=CC1CCCN1C(=O)C1CCCN1C(=O)NCc1ccc(Cl)cc1. The second-order valence-electron chi connectivity index (χ2n) is 6.51. The molecule has 2 atom stereocenters. The van der Waals surface area contributed by atoms with E-state index in [9.17, 15) is 14.4 Å². The highest BCUT2D eigenvalue weighted by molar-refractivity contribution is 6.30. The second kappa shape index (κ2) is 7.87. The molecule has 2 saturated heterocycles. The Kier molecular flexibility index (Phi) is 5.58. The quantitative estimate of drug-likeness (QED) is 0.834. The zero-order valence-electron chi connectivity index (χ0n) is 14.0. The minimum atomic E-state index is -0.467. The maximum absolute atomic E-state index is 12.8. The molecule has 2 heterocycles. The van der Waals surface area contributed by atoms with Crippen molar-refractivity contribution in [1.29, 1.82) is 0 Å². The molecule has 0 spiro atoms. The van der Waals surface area contributed by atoms with Gasteiger partial charge in [-0.1, -0.05) is 23.7 Å². The number of carbonyl (C=O) groups is 3. The fraction of sp³-hybridized carbons (Fsp3) is 0.500. The molecular formula is C18H22ClN3O3. The van der Waals surface area contributed by atoms with E-state index in [-0.39, 0.29) is 18.0 Å². The predicted octanol–water partition coefficient (Wildman–Crippen LogP) is 2.20. The van der Waals surface area contributed by atoms with E-state index in [1.807, 2.05) is 12.1 Å². The van der Waals surface area contributed by atoms with Crippen LogP contribution in [0, 0.1) is 0 Å². The lowest BCUT2D eigenvalue weighted by Gasteiger charge is -2.29. The third-order valence-electron chi connectivity index (χ3n) is 4.90. The van der Waals surface area contributed by atoms with Crippen LogP contribution >= 0.6 is 11.6 Å². The van der Waals surface area contributed by atoms with Gasteiger partial charge in [-0.05, 0) is 43.4 Å². The lowest BCUT2D eigenvalue weighted by molar-refractivity contribution is -0.138. The number of rotatable bonds is 4. The van der Waals surface area contributed by atoms with Crippen molar-refractivity contribution in [2.24, 2.45) is 0 Å². The lowest BCUT2D eigenvalue weighted by Crippen LogP contribution is -2.51. The van der Waals surface area contributed by atoms with Gasteiger partial charge in [0.15, 0.2) is 0 Å². The van der Waals surface area contributed by atoms with E-state index in [0.717, 1.165) is 24.7 Å². The first-order valence-corrected chi connectivity index (χ1v) is 9.02. The van der Waals surface area contributed by atoms with E-state index in [2.05, 4.69) is 5.32 Å². The third kappa shape index (κ3) is 3.95. The number of amides is 3. The first kappa shape index (κ1) is 17.7. The number of benzene rings is 1. The minimum Gasteiger partial charge on any atom is -0.334 e. The Hall–Kier alpha value is -2.08. The van der Waals surface area contributed by atoms with Crippen molar-refractivity contribution < 1.29 is 14.4 Å². The van der Waals surface area contributed by atoms with Gasteiger partial charge in [-0.3, -0.25) is 4.79 Å². The van der Waals surface area contributed by atoms with Crippen molar-refractivity contribution in [2.75, 3.05) is 13.1 Å². The summed E-state index contributed by atoms with van der Waals surface area (Å²) < 4.78 is 0. The highest BCUT2D eigenvalue weighted by Gasteiger charge is 2.39. The topological polar surface area (TPSA) is 69.7 Å². The molecule has 134 valence electrons. The molecule has 25 heavy (non-hydrogen) atoms. The van der Waals surface area contributed by atoms with Crippen LogP contribution in [-0.4, -0.2) is 53.2 Å². The van der Waals surface area contributed by atoms with E-state index in [4.69, 9.17) is 11.6 Å². The summed E-state index contributed by atoms with van der Waals surface area (Å²) in [6.45, 7) is 1.54. The van der Waals surface area contributed by atoms with Gasteiger partial charge in [-0.15, -0.1) is 0 Å². The zero-order valence-corrected chi connectivity index (χ0v) is 14.7. The van der Waals surface area contributed by atoms with Crippen LogP contribution in [0.5, 0.6) is 0 Å². The number of carbonyl (C=O) groups excluding carboxylic acids is 3. The van der Waals surface area contributed by atoms with Gasteiger partial charge in [-0.2, -0.15) is 0 Å². The van der Waals surface area contributed by atoms with Crippen LogP contribution in [-0.2, 0) is 16.1 Å². The predicted molar refractivity (Wildman–Crippen MR) is 94.2 cm³/mol. The van der Waals surface area contributed by atoms with Crippen molar-refractivity contribution in [3.63, 3.8) is 0 Å². The van der Waals surface area contributed by atoms with Crippen LogP contribution in [0.1, 0.15) is 31.2 Å². The van der Waals surface area contributed by atoms with Crippen LogP contribution in [0.2, 0.25) is 5.02 Å². The number of aldehydes is 1. The maximum atomic E-state index is 12.8. The molecule has 1 aromatic carbocycles. The average molecular weight is 364 g/mol. The number of hydrogen-bond acceptors (Lipinski definition) is 3. The summed E-state index contributed by atoms with van der Waals surface area (Å²) in [7, 11) is 0. The first-order chi connectivity index (χ1) is 12.1. The maximum Gasteiger partial charge on any atom is 0.318 e. The Bertz CT molecular complexity index is 649. The molecule has 3 rings (SSSR count). The number of likely N-dealkylation sites (tertiary alicyclic amines) is 2. The van der Waals surface area contributed by atoms with Crippen molar-refractivity contribution in [3.05, 3.63) is 34.9 Å². The second-order valence-corrected chi connectivity index (χ2v) is 6.95. The monoisotopic (exact) mass is 363 g/mol. The average Bonchev–Trinajstić information content (AvgIpc) is 3.29. The van der Waals surface area contributed by atoms with Gasteiger partial charge in [0.05, 0.1) is 6.04 Å². The van der Waals surface area contributed by atoms with Gasteiger partial charge in [0.2, 0.25) is 5.91 Å². The normalized spacial score (nSPS) is 22.9. The molecule has 1 aromatic rings. The van der Waals surface area contributed by atoms with E-state index in [1.54, 1.807) is 21.9 Å². The standard InChI is InChI=1S/C18H22ClN3O3/c19-14-7-5-13(6-8-14)11-20-18(25)22-10-2-4-16(22)17(24)21-9-1-3-15(21)12-23/h5-8,12,15-16H,1-4,9-11H2,(H,20,25). The number of nitrogens with one attached hydrogen (secondary N) is 1. The molecule has 0 bridgehead atoms. The molecule has 0 saturated carbocycles. The smallest absolute Gasteiger partial charge is 0.318 e. The first-order valence-electron chi connectivity index (χ1n) is 8.65. The number of halogens is 1. The fourth-order valence-electron chi connectivity index (χ4n) is 3.55. The summed E-state index contributed by atoms with van der Waals surface area (Å²) >= 11 is 5.86. The molecule has 2 fully saturated rings. The summed E-state index contributed by atoms with van der Waals surface area (Å²) in [4.78, 5) is 39.7. The summed E-state index contributed by atoms with van der Waals surface area (Å²) in [6.07, 6.45) is 3.83. The van der Waals surface area contributed by atoms with E-state index >= 15 is 0 Å². The van der Waals surface area contributed by atoms with Crippen molar-refractivity contribution in [3.8, 4) is 0 Å². The Morgan fingerprint density at radius 3 is 2.52 bits per heavy atom. The molecule has 2 aliphatic heterocycles. The Balaban J connectivity index is 1.60. The van der Waals surface area contributed by atoms with Crippen molar-refractivity contribution in [1.82, 2.24) is 15.1 Å². The number of hydrogen-bond donors (Lipinski definition) is 1. The molecule has 0 aromatic heterocycles. The fourth-order valence-corrected chi connectivity index (χ4v) is 3.67. The zero-order chi connectivity index (χ0) is 17.8. The molecule has 2 aliphatic rings. The van der Waals surface area contributed by atoms with Gasteiger partial charge < -0.3 is 19.9 Å². The minimum absolute atomic E-state index is 0.103. The summed E-state index contributed by atoms with van der Waals surface area (Å²) in [6, 6.07) is 6.21. The summed E-state index contributed by atoms with van der Waals surface area (Å²) in [5.74, 6) is -0.103. The highest BCUT2D eigenvalue weighted by Crippen LogP contribution is 2.24. The Labute approximate surface area is 152 Å². The lowest BCUT2D eigenvalue weighted by atomic mass is 10.1. The molecule has 3 amide bonds. The molecule has 1 N–H and O–H groups in total. The van der Waals surface area contributed by atoms with Gasteiger partial charge in [-0.25, -0.2) is 4.79 Å². The van der Waals surface area contributed by atoms with Crippen LogP contribution in [0.4, 0.5) is 4.79 Å². The summed E-state index contributed by atoms with van der Waals surface area (Å²) in [5.41, 5.74) is 0.945. The highest BCUT2D eigenvalue weighted by atomic mass is 35.5. The van der Waals surface area contributed by atoms with Gasteiger partial charge in [0, 0.05) is 24.7 Å². The molecule has 6 nitrogen and oxygen atoms in total. The molecule has 0 aliphatic carbocycles. The van der Waals surface area contributed by atoms with Crippen molar-refractivity contribution in [2.45, 2.75) is 44.3 Å². The molecule has 7 heteroatoms. The summed E-state index contributed by atoms with van der Waals surface area (Å²) in [5, 5.41) is 3.51. The molecule has 2 unspecified atom stereocenters. The van der Waals surface area contributed by atoms with E-state index < -0.39 is 6.04 Å². The van der Waals surface area contributed by atoms with Crippen LogP contribution in [0.3, 0.4) is 0 Å². The van der Waals surface area contributed by atoms with Crippen molar-refractivity contribution >= 4 is 29.8 Å². The Morgan fingerprint density at radius 2 is 1.80 bits per heavy atom. The van der Waals surface area contributed by atoms with Crippen LogP contribution < -0.4 is 5.32 Å². The largest absolute Gasteiger partial charge is 0.334 e.